The van der Waals surface area contributed by atoms with Crippen molar-refractivity contribution in [2.24, 2.45) is 0 Å². The van der Waals surface area contributed by atoms with E-state index in [-0.39, 0.29) is 29.9 Å². The highest BCUT2D eigenvalue weighted by Crippen LogP contribution is 2.52. The van der Waals surface area contributed by atoms with Crippen molar-refractivity contribution >= 4 is 11.8 Å². The van der Waals surface area contributed by atoms with E-state index in [0.29, 0.717) is 29.5 Å². The molecular formula is C26H28N2O4. The van der Waals surface area contributed by atoms with Gasteiger partial charge in [-0.25, -0.2) is 0 Å². The van der Waals surface area contributed by atoms with Crippen LogP contribution in [0.3, 0.4) is 0 Å². The first kappa shape index (κ1) is 19.6. The average Bonchev–Trinajstić information content (AvgIpc) is 3.41. The van der Waals surface area contributed by atoms with Crippen LogP contribution < -0.4 is 14.8 Å². The van der Waals surface area contributed by atoms with E-state index < -0.39 is 0 Å². The molecule has 0 radical (unpaired) electrons. The van der Waals surface area contributed by atoms with E-state index in [0.717, 1.165) is 45.2 Å². The van der Waals surface area contributed by atoms with E-state index in [1.807, 2.05) is 17.0 Å². The van der Waals surface area contributed by atoms with Gasteiger partial charge in [-0.15, -0.1) is 0 Å². The third kappa shape index (κ3) is 3.42. The minimum Gasteiger partial charge on any atom is -0.454 e. The van der Waals surface area contributed by atoms with Crippen LogP contribution in [0.5, 0.6) is 11.5 Å². The number of benzene rings is 2. The molecule has 6 nitrogen and oxygen atoms in total. The van der Waals surface area contributed by atoms with E-state index in [2.05, 4.69) is 29.6 Å². The Balaban J connectivity index is 1.16. The lowest BCUT2D eigenvalue weighted by Gasteiger charge is -2.40. The molecule has 2 aliphatic heterocycles. The summed E-state index contributed by atoms with van der Waals surface area (Å²) >= 11 is 0. The number of nitrogens with zero attached hydrogens (tertiary/aromatic N) is 1. The van der Waals surface area contributed by atoms with Gasteiger partial charge in [-0.3, -0.25) is 9.59 Å². The number of carbonyl (C=O) groups excluding carboxylic acids is 2. The standard InChI is InChI=1S/C26H28N2O4/c29-24(27-19-6-7-19)14-18-15-26(21-4-2-1-3-20(18)21)9-11-28(12-10-26)25(30)17-5-8-22-23(13-17)32-16-31-22/h1-5,8,13,18-19H,6-7,9-12,14-16H2,(H,27,29)/t18-/m0/s1. The Hall–Kier alpha value is -3.02. The van der Waals surface area contributed by atoms with Crippen LogP contribution in [0, 0.1) is 0 Å². The predicted molar refractivity (Wildman–Crippen MR) is 119 cm³/mol. The number of fused-ring (bicyclic) bond motifs is 3. The summed E-state index contributed by atoms with van der Waals surface area (Å²) in [5.41, 5.74) is 3.42. The summed E-state index contributed by atoms with van der Waals surface area (Å²) in [6, 6.07) is 14.4. The van der Waals surface area contributed by atoms with Gasteiger partial charge in [-0.05, 0) is 72.8 Å². The van der Waals surface area contributed by atoms with Crippen LogP contribution in [0.1, 0.15) is 65.9 Å². The quantitative estimate of drug-likeness (QED) is 0.799. The maximum absolute atomic E-state index is 13.1. The van der Waals surface area contributed by atoms with Gasteiger partial charge in [-0.1, -0.05) is 24.3 Å². The van der Waals surface area contributed by atoms with Crippen LogP contribution in [0.25, 0.3) is 0 Å². The van der Waals surface area contributed by atoms with Gasteiger partial charge >= 0.3 is 0 Å². The number of ether oxygens (including phenoxy) is 2. The molecule has 32 heavy (non-hydrogen) atoms. The van der Waals surface area contributed by atoms with E-state index in [1.165, 1.54) is 11.1 Å². The van der Waals surface area contributed by atoms with E-state index in [1.54, 1.807) is 6.07 Å². The largest absolute Gasteiger partial charge is 0.454 e. The highest BCUT2D eigenvalue weighted by atomic mass is 16.7. The smallest absolute Gasteiger partial charge is 0.253 e. The van der Waals surface area contributed by atoms with E-state index >= 15 is 0 Å². The van der Waals surface area contributed by atoms with Crippen molar-refractivity contribution in [2.45, 2.75) is 55.9 Å². The summed E-state index contributed by atoms with van der Waals surface area (Å²) < 4.78 is 10.8. The molecule has 2 heterocycles. The third-order valence-corrected chi connectivity index (χ3v) is 7.61. The van der Waals surface area contributed by atoms with Crippen LogP contribution in [-0.4, -0.2) is 42.6 Å². The van der Waals surface area contributed by atoms with Gasteiger partial charge in [-0.2, -0.15) is 0 Å². The molecule has 1 saturated carbocycles. The number of rotatable bonds is 4. The van der Waals surface area contributed by atoms with Gasteiger partial charge in [0.25, 0.3) is 5.91 Å². The molecule has 0 aromatic heterocycles. The molecule has 2 amide bonds. The second-order valence-corrected chi connectivity index (χ2v) is 9.67. The van der Waals surface area contributed by atoms with Crippen LogP contribution in [0.15, 0.2) is 42.5 Å². The zero-order valence-corrected chi connectivity index (χ0v) is 18.1. The molecule has 2 aliphatic carbocycles. The highest BCUT2D eigenvalue weighted by molar-refractivity contribution is 5.95. The lowest BCUT2D eigenvalue weighted by molar-refractivity contribution is -0.121. The molecule has 1 N–H and O–H groups in total. The number of hydrogen-bond acceptors (Lipinski definition) is 4. The molecule has 6 heteroatoms. The van der Waals surface area contributed by atoms with Gasteiger partial charge in [0.05, 0.1) is 0 Å². The molecule has 6 rings (SSSR count). The first-order chi connectivity index (χ1) is 15.6. The lowest BCUT2D eigenvalue weighted by atomic mass is 9.73. The Morgan fingerprint density at radius 1 is 1.03 bits per heavy atom. The number of amides is 2. The molecule has 4 aliphatic rings. The normalized spacial score (nSPS) is 22.6. The fourth-order valence-corrected chi connectivity index (χ4v) is 5.77. The van der Waals surface area contributed by atoms with Crippen molar-refractivity contribution in [3.63, 3.8) is 0 Å². The zero-order chi connectivity index (χ0) is 21.7. The maximum atomic E-state index is 13.1. The van der Waals surface area contributed by atoms with Crippen molar-refractivity contribution < 1.29 is 19.1 Å². The molecular weight excluding hydrogens is 404 g/mol. The molecule has 1 saturated heterocycles. The fourth-order valence-electron chi connectivity index (χ4n) is 5.77. The SMILES string of the molecule is O=C(C[C@H]1CC2(CCN(C(=O)c3ccc4c(c3)OCO4)CC2)c2ccccc21)NC1CC1. The number of likely N-dealkylation sites (tertiary alicyclic amines) is 1. The van der Waals surface area contributed by atoms with Gasteiger partial charge in [0, 0.05) is 31.1 Å². The van der Waals surface area contributed by atoms with Crippen LogP contribution in [0.2, 0.25) is 0 Å². The van der Waals surface area contributed by atoms with Crippen molar-refractivity contribution in [1.82, 2.24) is 10.2 Å². The van der Waals surface area contributed by atoms with E-state index in [9.17, 15) is 9.59 Å². The van der Waals surface area contributed by atoms with Crippen LogP contribution in [-0.2, 0) is 10.2 Å². The highest BCUT2D eigenvalue weighted by Gasteiger charge is 2.46. The number of nitrogens with one attached hydrogen (secondary N) is 1. The first-order valence-electron chi connectivity index (χ1n) is 11.7. The minimum atomic E-state index is 0.0461. The van der Waals surface area contributed by atoms with E-state index in [4.69, 9.17) is 9.47 Å². The second kappa shape index (κ2) is 7.54. The average molecular weight is 433 g/mol. The molecule has 1 atom stereocenters. The molecule has 0 unspecified atom stereocenters. The molecule has 2 fully saturated rings. The fraction of sp³-hybridized carbons (Fsp3) is 0.462. The number of piperidine rings is 1. The van der Waals surface area contributed by atoms with Gasteiger partial charge in [0.1, 0.15) is 0 Å². The Bertz CT molecular complexity index is 1070. The Morgan fingerprint density at radius 2 is 1.81 bits per heavy atom. The summed E-state index contributed by atoms with van der Waals surface area (Å²) in [5.74, 6) is 1.82. The monoisotopic (exact) mass is 432 g/mol. The van der Waals surface area contributed by atoms with Crippen LogP contribution >= 0.6 is 0 Å². The molecule has 2 aromatic rings. The molecule has 2 aromatic carbocycles. The predicted octanol–water partition coefficient (Wildman–Crippen LogP) is 3.75. The van der Waals surface area contributed by atoms with Gasteiger partial charge in [0.2, 0.25) is 12.7 Å². The topological polar surface area (TPSA) is 67.9 Å². The summed E-state index contributed by atoms with van der Waals surface area (Å²) in [4.78, 5) is 27.6. The molecule has 0 bridgehead atoms. The third-order valence-electron chi connectivity index (χ3n) is 7.61. The van der Waals surface area contributed by atoms with Crippen molar-refractivity contribution in [3.8, 4) is 11.5 Å². The Labute approximate surface area is 187 Å². The summed E-state index contributed by atoms with van der Waals surface area (Å²) in [5, 5.41) is 3.15. The summed E-state index contributed by atoms with van der Waals surface area (Å²) in [7, 11) is 0. The second-order valence-electron chi connectivity index (χ2n) is 9.67. The summed E-state index contributed by atoms with van der Waals surface area (Å²) in [6.07, 6.45) is 5.65. The lowest BCUT2D eigenvalue weighted by Crippen LogP contribution is -2.44. The van der Waals surface area contributed by atoms with Gasteiger partial charge in [0.15, 0.2) is 11.5 Å². The Kier molecular flexibility index (Phi) is 4.63. The number of carbonyl (C=O) groups is 2. The number of hydrogen-bond donors (Lipinski definition) is 1. The van der Waals surface area contributed by atoms with Crippen LogP contribution in [0.4, 0.5) is 0 Å². The van der Waals surface area contributed by atoms with Crippen molar-refractivity contribution in [2.75, 3.05) is 19.9 Å². The Morgan fingerprint density at radius 3 is 2.62 bits per heavy atom. The van der Waals surface area contributed by atoms with Gasteiger partial charge < -0.3 is 19.7 Å². The zero-order valence-electron chi connectivity index (χ0n) is 18.1. The molecule has 1 spiro atoms. The summed E-state index contributed by atoms with van der Waals surface area (Å²) in [6.45, 7) is 1.66. The van der Waals surface area contributed by atoms with Crippen molar-refractivity contribution in [1.29, 1.82) is 0 Å². The molecule has 166 valence electrons. The van der Waals surface area contributed by atoms with Crippen molar-refractivity contribution in [3.05, 3.63) is 59.2 Å². The maximum Gasteiger partial charge on any atom is 0.253 e. The first-order valence-corrected chi connectivity index (χ1v) is 11.7. The minimum absolute atomic E-state index is 0.0461.